The maximum Gasteiger partial charge on any atom is 0.432 e. The Hall–Kier alpha value is -1.57. The van der Waals surface area contributed by atoms with Gasteiger partial charge < -0.3 is 10.1 Å². The number of H-pyrrole nitrogens is 1. The highest BCUT2D eigenvalue weighted by molar-refractivity contribution is 5.92. The predicted molar refractivity (Wildman–Crippen MR) is 52.4 cm³/mol. The third kappa shape index (κ3) is 4.06. The molecule has 0 saturated carbocycles. The number of carbonyl (C=O) groups is 1. The van der Waals surface area contributed by atoms with Crippen LogP contribution in [0.5, 0.6) is 0 Å². The number of carbonyl (C=O) groups excluding carboxylic acids is 1. The van der Waals surface area contributed by atoms with E-state index in [1.54, 1.807) is 5.10 Å². The van der Waals surface area contributed by atoms with Gasteiger partial charge in [-0.3, -0.25) is 9.89 Å². The summed E-state index contributed by atoms with van der Waals surface area (Å²) in [5.41, 5.74) is -1.32. The zero-order valence-corrected chi connectivity index (χ0v) is 9.10. The number of nitrogens with one attached hydrogen (secondary N) is 2. The number of aromatic amines is 1. The van der Waals surface area contributed by atoms with E-state index in [-0.39, 0.29) is 5.69 Å². The van der Waals surface area contributed by atoms with E-state index in [1.165, 1.54) is 7.11 Å². The van der Waals surface area contributed by atoms with Crippen molar-refractivity contribution in [1.29, 1.82) is 0 Å². The fraction of sp³-hybridized carbons (Fsp3) is 0.556. The van der Waals surface area contributed by atoms with E-state index in [4.69, 9.17) is 4.74 Å². The van der Waals surface area contributed by atoms with E-state index < -0.39 is 17.8 Å². The zero-order chi connectivity index (χ0) is 12.9. The summed E-state index contributed by atoms with van der Waals surface area (Å²) in [5, 5.41) is 7.49. The Balaban J connectivity index is 2.50. The van der Waals surface area contributed by atoms with Crippen molar-refractivity contribution < 1.29 is 22.7 Å². The summed E-state index contributed by atoms with van der Waals surface area (Å²) >= 11 is 0. The van der Waals surface area contributed by atoms with Crippen LogP contribution in [-0.4, -0.2) is 36.4 Å². The van der Waals surface area contributed by atoms with E-state index in [1.807, 2.05) is 0 Å². The molecular formula is C9H12F3N3O2. The fourth-order valence-corrected chi connectivity index (χ4v) is 1.09. The summed E-state index contributed by atoms with van der Waals surface area (Å²) in [6, 6.07) is 0.672. The lowest BCUT2D eigenvalue weighted by molar-refractivity contribution is -0.141. The Morgan fingerprint density at radius 1 is 1.59 bits per heavy atom. The molecule has 0 aromatic carbocycles. The van der Waals surface area contributed by atoms with Gasteiger partial charge >= 0.3 is 6.18 Å². The number of aromatic nitrogens is 2. The molecule has 0 spiro atoms. The number of alkyl halides is 3. The van der Waals surface area contributed by atoms with E-state index >= 15 is 0 Å². The van der Waals surface area contributed by atoms with Crippen LogP contribution in [0.1, 0.15) is 22.6 Å². The number of amides is 1. The zero-order valence-electron chi connectivity index (χ0n) is 9.10. The number of hydrogen-bond donors (Lipinski definition) is 2. The first-order chi connectivity index (χ1) is 7.95. The predicted octanol–water partition coefficient (Wildman–Crippen LogP) is 1.19. The van der Waals surface area contributed by atoms with Gasteiger partial charge in [-0.1, -0.05) is 0 Å². The highest BCUT2D eigenvalue weighted by Crippen LogP contribution is 2.27. The van der Waals surface area contributed by atoms with Crippen molar-refractivity contribution in [2.45, 2.75) is 12.6 Å². The van der Waals surface area contributed by atoms with Crippen LogP contribution in [0.15, 0.2) is 6.07 Å². The normalized spacial score (nSPS) is 11.5. The first-order valence-electron chi connectivity index (χ1n) is 4.85. The van der Waals surface area contributed by atoms with Gasteiger partial charge in [-0.2, -0.15) is 18.3 Å². The van der Waals surface area contributed by atoms with Crippen LogP contribution in [0.2, 0.25) is 0 Å². The lowest BCUT2D eigenvalue weighted by atomic mass is 10.3. The molecule has 1 aromatic rings. The van der Waals surface area contributed by atoms with Gasteiger partial charge in [0.15, 0.2) is 5.69 Å². The van der Waals surface area contributed by atoms with Gasteiger partial charge in [0.2, 0.25) is 0 Å². The summed E-state index contributed by atoms with van der Waals surface area (Å²) < 4.78 is 41.3. The SMILES string of the molecule is COCCCNC(=O)c1cc(C(F)(F)F)[nH]n1. The summed E-state index contributed by atoms with van der Waals surface area (Å²) in [6.07, 6.45) is -3.94. The molecule has 0 saturated heterocycles. The average molecular weight is 251 g/mol. The molecule has 0 aliphatic carbocycles. The minimum atomic E-state index is -4.53. The monoisotopic (exact) mass is 251 g/mol. The molecule has 2 N–H and O–H groups in total. The van der Waals surface area contributed by atoms with Crippen molar-refractivity contribution in [3.63, 3.8) is 0 Å². The molecule has 0 bridgehead atoms. The summed E-state index contributed by atoms with van der Waals surface area (Å²) in [6.45, 7) is 0.787. The summed E-state index contributed by atoms with van der Waals surface area (Å²) in [4.78, 5) is 11.3. The maximum absolute atomic E-state index is 12.2. The molecule has 0 fully saturated rings. The fourth-order valence-electron chi connectivity index (χ4n) is 1.09. The lowest BCUT2D eigenvalue weighted by Gasteiger charge is -2.02. The molecule has 0 radical (unpaired) electrons. The van der Waals surface area contributed by atoms with Gasteiger partial charge in [-0.25, -0.2) is 0 Å². The number of hydrogen-bond acceptors (Lipinski definition) is 3. The molecule has 96 valence electrons. The van der Waals surface area contributed by atoms with Crippen molar-refractivity contribution >= 4 is 5.91 Å². The minimum absolute atomic E-state index is 0.283. The van der Waals surface area contributed by atoms with E-state index in [0.717, 1.165) is 0 Å². The highest BCUT2D eigenvalue weighted by Gasteiger charge is 2.33. The van der Waals surface area contributed by atoms with Gasteiger partial charge in [-0.05, 0) is 6.42 Å². The average Bonchev–Trinajstić information content (AvgIpc) is 2.72. The molecule has 0 atom stereocenters. The van der Waals surface area contributed by atoms with Gasteiger partial charge in [0, 0.05) is 26.3 Å². The van der Waals surface area contributed by atoms with Crippen LogP contribution in [0.4, 0.5) is 13.2 Å². The Kier molecular flexibility index (Phi) is 4.50. The minimum Gasteiger partial charge on any atom is -0.385 e. The molecule has 1 heterocycles. The number of ether oxygens (including phenoxy) is 1. The molecule has 1 rings (SSSR count). The topological polar surface area (TPSA) is 67.0 Å². The van der Waals surface area contributed by atoms with Crippen molar-refractivity contribution in [2.24, 2.45) is 0 Å². The summed E-state index contributed by atoms with van der Waals surface area (Å²) in [7, 11) is 1.52. The molecule has 5 nitrogen and oxygen atoms in total. The van der Waals surface area contributed by atoms with E-state index in [2.05, 4.69) is 10.4 Å². The Morgan fingerprint density at radius 3 is 2.82 bits per heavy atom. The second kappa shape index (κ2) is 5.67. The van der Waals surface area contributed by atoms with Gasteiger partial charge in [0.05, 0.1) is 0 Å². The number of nitrogens with zero attached hydrogens (tertiary/aromatic N) is 1. The number of methoxy groups -OCH3 is 1. The van der Waals surface area contributed by atoms with Crippen LogP contribution in [-0.2, 0) is 10.9 Å². The van der Waals surface area contributed by atoms with Crippen LogP contribution in [0.3, 0.4) is 0 Å². The van der Waals surface area contributed by atoms with Crippen LogP contribution >= 0.6 is 0 Å². The highest BCUT2D eigenvalue weighted by atomic mass is 19.4. The van der Waals surface area contributed by atoms with Crippen molar-refractivity contribution in [3.8, 4) is 0 Å². The molecule has 1 aromatic heterocycles. The quantitative estimate of drug-likeness (QED) is 0.772. The first-order valence-corrected chi connectivity index (χ1v) is 4.85. The van der Waals surface area contributed by atoms with Crippen LogP contribution in [0, 0.1) is 0 Å². The van der Waals surface area contributed by atoms with Crippen LogP contribution < -0.4 is 5.32 Å². The Morgan fingerprint density at radius 2 is 2.29 bits per heavy atom. The third-order valence-corrected chi connectivity index (χ3v) is 1.93. The lowest BCUT2D eigenvalue weighted by Crippen LogP contribution is -2.25. The maximum atomic E-state index is 12.2. The molecule has 8 heteroatoms. The van der Waals surface area contributed by atoms with Gasteiger partial charge in [0.1, 0.15) is 5.69 Å². The van der Waals surface area contributed by atoms with E-state index in [0.29, 0.717) is 25.6 Å². The van der Waals surface area contributed by atoms with E-state index in [9.17, 15) is 18.0 Å². The number of rotatable bonds is 5. The molecule has 0 unspecified atom stereocenters. The molecule has 0 aliphatic rings. The molecular weight excluding hydrogens is 239 g/mol. The van der Waals surface area contributed by atoms with Gasteiger partial charge in [0.25, 0.3) is 5.91 Å². The third-order valence-electron chi connectivity index (χ3n) is 1.93. The van der Waals surface area contributed by atoms with Crippen LogP contribution in [0.25, 0.3) is 0 Å². The Labute approximate surface area is 95.3 Å². The number of halogens is 3. The van der Waals surface area contributed by atoms with Crippen molar-refractivity contribution in [3.05, 3.63) is 17.5 Å². The molecule has 1 amide bonds. The van der Waals surface area contributed by atoms with Gasteiger partial charge in [-0.15, -0.1) is 0 Å². The Bertz CT molecular complexity index is 376. The largest absolute Gasteiger partial charge is 0.432 e. The second-order valence-electron chi connectivity index (χ2n) is 3.27. The second-order valence-corrected chi connectivity index (χ2v) is 3.27. The molecule has 17 heavy (non-hydrogen) atoms. The molecule has 0 aliphatic heterocycles. The smallest absolute Gasteiger partial charge is 0.385 e. The van der Waals surface area contributed by atoms with Crippen molar-refractivity contribution in [2.75, 3.05) is 20.3 Å². The standard InChI is InChI=1S/C9H12F3N3O2/c1-17-4-2-3-13-8(16)6-5-7(15-14-6)9(10,11)12/h5H,2-4H2,1H3,(H,13,16)(H,14,15). The first kappa shape index (κ1) is 13.5. The summed E-state index contributed by atoms with van der Waals surface area (Å²) in [5.74, 6) is -0.646. The van der Waals surface area contributed by atoms with Crippen molar-refractivity contribution in [1.82, 2.24) is 15.5 Å².